The van der Waals surface area contributed by atoms with Crippen molar-refractivity contribution in [2.24, 2.45) is 5.73 Å². The third-order valence-corrected chi connectivity index (χ3v) is 1.21. The number of aromatic nitrogens is 2. The Kier molecular flexibility index (Phi) is 9.98. The van der Waals surface area contributed by atoms with Crippen molar-refractivity contribution in [2.75, 3.05) is 6.61 Å². The number of nitrogens with one attached hydrogen (secondary N) is 2. The molecule has 1 aromatic rings. The van der Waals surface area contributed by atoms with Crippen molar-refractivity contribution >= 4 is 24.7 Å². The van der Waals surface area contributed by atoms with Gasteiger partial charge in [-0.25, -0.2) is 9.78 Å². The lowest BCUT2D eigenvalue weighted by Crippen LogP contribution is -2.19. The SMILES string of the molecule is CCOC(=O)c1cnc[nH]c1=O.Cl.N=CN. The van der Waals surface area contributed by atoms with Crippen LogP contribution in [0.3, 0.4) is 0 Å². The van der Waals surface area contributed by atoms with E-state index in [2.05, 4.69) is 20.4 Å². The predicted octanol–water partition coefficient (Wildman–Crippen LogP) is -0.0794. The van der Waals surface area contributed by atoms with E-state index in [1.807, 2.05) is 0 Å². The molecule has 4 N–H and O–H groups in total. The molecule has 8 heteroatoms. The van der Waals surface area contributed by atoms with Crippen LogP contribution in [0.4, 0.5) is 0 Å². The lowest BCUT2D eigenvalue weighted by Gasteiger charge is -1.98. The Morgan fingerprint density at radius 3 is 2.75 bits per heavy atom. The van der Waals surface area contributed by atoms with Gasteiger partial charge in [-0.3, -0.25) is 10.2 Å². The molecule has 0 amide bonds. The first kappa shape index (κ1) is 16.5. The number of halogens is 1. The second-order valence-corrected chi connectivity index (χ2v) is 2.18. The van der Waals surface area contributed by atoms with Crippen LogP contribution in [0.15, 0.2) is 17.3 Å². The van der Waals surface area contributed by atoms with Crippen LogP contribution in [0, 0.1) is 5.41 Å². The molecule has 0 unspecified atom stereocenters. The van der Waals surface area contributed by atoms with E-state index in [1.165, 1.54) is 12.5 Å². The monoisotopic (exact) mass is 248 g/mol. The Balaban J connectivity index is 0. The van der Waals surface area contributed by atoms with E-state index in [1.54, 1.807) is 6.92 Å². The molecule has 0 aliphatic rings. The number of rotatable bonds is 2. The molecule has 1 aromatic heterocycles. The van der Waals surface area contributed by atoms with Crippen LogP contribution in [0.25, 0.3) is 0 Å². The summed E-state index contributed by atoms with van der Waals surface area (Å²) in [5.41, 5.74) is 3.84. The van der Waals surface area contributed by atoms with Gasteiger partial charge >= 0.3 is 5.97 Å². The summed E-state index contributed by atoms with van der Waals surface area (Å²) >= 11 is 0. The molecule has 0 spiro atoms. The third kappa shape index (κ3) is 5.76. The minimum atomic E-state index is -0.646. The number of ether oxygens (including phenoxy) is 1. The van der Waals surface area contributed by atoms with Gasteiger partial charge in [0.1, 0.15) is 5.56 Å². The molecule has 0 atom stereocenters. The molecule has 1 rings (SSSR count). The van der Waals surface area contributed by atoms with Crippen LogP contribution >= 0.6 is 12.4 Å². The number of carbonyl (C=O) groups is 1. The molecule has 0 bridgehead atoms. The Morgan fingerprint density at radius 2 is 2.31 bits per heavy atom. The maximum Gasteiger partial charge on any atom is 0.345 e. The molecule has 0 aliphatic heterocycles. The summed E-state index contributed by atoms with van der Waals surface area (Å²) < 4.78 is 4.61. The molecular formula is C8H13ClN4O3. The topological polar surface area (TPSA) is 122 Å². The van der Waals surface area contributed by atoms with Gasteiger partial charge in [0.25, 0.3) is 5.56 Å². The zero-order valence-electron chi connectivity index (χ0n) is 8.60. The average molecular weight is 249 g/mol. The van der Waals surface area contributed by atoms with Gasteiger partial charge < -0.3 is 15.5 Å². The fourth-order valence-electron chi connectivity index (χ4n) is 0.698. The highest BCUT2D eigenvalue weighted by Crippen LogP contribution is 1.90. The maximum atomic E-state index is 11.0. The van der Waals surface area contributed by atoms with Crippen LogP contribution < -0.4 is 11.3 Å². The highest BCUT2D eigenvalue weighted by Gasteiger charge is 2.09. The van der Waals surface area contributed by atoms with Gasteiger partial charge in [0, 0.05) is 6.20 Å². The summed E-state index contributed by atoms with van der Waals surface area (Å²) in [4.78, 5) is 27.8. The number of nitrogens with two attached hydrogens (primary N) is 1. The molecule has 0 aromatic carbocycles. The van der Waals surface area contributed by atoms with Gasteiger partial charge in [-0.2, -0.15) is 0 Å². The van der Waals surface area contributed by atoms with E-state index >= 15 is 0 Å². The number of carbonyl (C=O) groups excluding carboxylic acids is 1. The summed E-state index contributed by atoms with van der Waals surface area (Å²) in [6.45, 7) is 1.91. The normalized spacial score (nSPS) is 7.81. The van der Waals surface area contributed by atoms with E-state index in [4.69, 9.17) is 5.41 Å². The minimum absolute atomic E-state index is 0. The van der Waals surface area contributed by atoms with Gasteiger partial charge in [-0.15, -0.1) is 12.4 Å². The van der Waals surface area contributed by atoms with Crippen molar-refractivity contribution in [3.05, 3.63) is 28.4 Å². The largest absolute Gasteiger partial charge is 0.462 e. The van der Waals surface area contributed by atoms with Gasteiger partial charge in [-0.1, -0.05) is 0 Å². The van der Waals surface area contributed by atoms with Crippen LogP contribution in [0.2, 0.25) is 0 Å². The molecule has 0 fully saturated rings. The van der Waals surface area contributed by atoms with Crippen molar-refractivity contribution in [3.63, 3.8) is 0 Å². The molecule has 0 aliphatic carbocycles. The lowest BCUT2D eigenvalue weighted by molar-refractivity contribution is 0.0523. The number of hydrogen-bond acceptors (Lipinski definition) is 5. The quantitative estimate of drug-likeness (QED) is 0.384. The smallest absolute Gasteiger partial charge is 0.345 e. The summed E-state index contributed by atoms with van der Waals surface area (Å²) in [5, 5.41) is 5.86. The van der Waals surface area contributed by atoms with E-state index < -0.39 is 11.5 Å². The first-order chi connectivity index (χ1) is 7.17. The molecular weight excluding hydrogens is 236 g/mol. The zero-order chi connectivity index (χ0) is 11.7. The Morgan fingerprint density at radius 1 is 1.75 bits per heavy atom. The number of esters is 1. The molecule has 0 saturated carbocycles. The summed E-state index contributed by atoms with van der Waals surface area (Å²) in [6.07, 6.45) is 3.14. The Bertz CT molecular complexity index is 380. The van der Waals surface area contributed by atoms with Gasteiger partial charge in [0.2, 0.25) is 0 Å². The molecule has 7 nitrogen and oxygen atoms in total. The van der Waals surface area contributed by atoms with Gasteiger partial charge in [-0.05, 0) is 6.92 Å². The predicted molar refractivity (Wildman–Crippen MR) is 61.0 cm³/mol. The number of H-pyrrole nitrogens is 1. The van der Waals surface area contributed by atoms with Gasteiger partial charge in [0.05, 0.1) is 19.3 Å². The number of hydrogen-bond donors (Lipinski definition) is 3. The average Bonchev–Trinajstić information content (AvgIpc) is 2.20. The second kappa shape index (κ2) is 9.66. The first-order valence-corrected chi connectivity index (χ1v) is 4.07. The van der Waals surface area contributed by atoms with E-state index in [0.717, 1.165) is 6.34 Å². The standard InChI is InChI=1S/C7H8N2O3.CH4N2.ClH/c1-2-12-7(11)5-3-8-4-9-6(5)10;2-1-3;/h3-4H,2H2,1H3,(H,8,9,10);1H,(H3,2,3);1H. The number of nitrogens with zero attached hydrogens (tertiary/aromatic N) is 1. The summed E-state index contributed by atoms with van der Waals surface area (Å²) in [6, 6.07) is 0. The van der Waals surface area contributed by atoms with Gasteiger partial charge in [0.15, 0.2) is 0 Å². The highest BCUT2D eigenvalue weighted by atomic mass is 35.5. The summed E-state index contributed by atoms with van der Waals surface area (Å²) in [5.74, 6) is -0.646. The fourth-order valence-corrected chi connectivity index (χ4v) is 0.698. The van der Waals surface area contributed by atoms with E-state index in [9.17, 15) is 9.59 Å². The minimum Gasteiger partial charge on any atom is -0.462 e. The van der Waals surface area contributed by atoms with Crippen molar-refractivity contribution in [3.8, 4) is 0 Å². The third-order valence-electron chi connectivity index (χ3n) is 1.21. The zero-order valence-corrected chi connectivity index (χ0v) is 9.41. The Labute approximate surface area is 98.0 Å². The second-order valence-electron chi connectivity index (χ2n) is 2.18. The highest BCUT2D eigenvalue weighted by molar-refractivity contribution is 5.88. The van der Waals surface area contributed by atoms with Crippen LogP contribution in [-0.4, -0.2) is 28.9 Å². The maximum absolute atomic E-state index is 11.0. The summed E-state index contributed by atoms with van der Waals surface area (Å²) in [7, 11) is 0. The van der Waals surface area contributed by atoms with Crippen molar-refractivity contribution in [1.29, 1.82) is 5.41 Å². The van der Waals surface area contributed by atoms with Crippen molar-refractivity contribution < 1.29 is 9.53 Å². The lowest BCUT2D eigenvalue weighted by atomic mass is 10.3. The first-order valence-electron chi connectivity index (χ1n) is 4.07. The van der Waals surface area contributed by atoms with Crippen molar-refractivity contribution in [2.45, 2.75) is 6.92 Å². The van der Waals surface area contributed by atoms with Crippen LogP contribution in [0.1, 0.15) is 17.3 Å². The fraction of sp³-hybridized carbons (Fsp3) is 0.250. The van der Waals surface area contributed by atoms with E-state index in [-0.39, 0.29) is 24.6 Å². The molecule has 1 heterocycles. The molecule has 0 radical (unpaired) electrons. The number of aromatic amines is 1. The molecule has 16 heavy (non-hydrogen) atoms. The van der Waals surface area contributed by atoms with Crippen LogP contribution in [0.5, 0.6) is 0 Å². The van der Waals surface area contributed by atoms with Crippen molar-refractivity contribution in [1.82, 2.24) is 9.97 Å². The molecule has 0 saturated heterocycles. The van der Waals surface area contributed by atoms with Crippen LogP contribution in [-0.2, 0) is 4.74 Å². The molecule has 90 valence electrons. The Hall–Kier alpha value is -1.89. The van der Waals surface area contributed by atoms with E-state index in [0.29, 0.717) is 0 Å².